The molecule has 192 valence electrons. The van der Waals surface area contributed by atoms with Gasteiger partial charge >= 0.3 is 12.1 Å². The van der Waals surface area contributed by atoms with Crippen LogP contribution in [0.4, 0.5) is 10.5 Å². The summed E-state index contributed by atoms with van der Waals surface area (Å²) in [5, 5.41) is 8.20. The van der Waals surface area contributed by atoms with E-state index in [2.05, 4.69) is 10.3 Å². The van der Waals surface area contributed by atoms with Crippen LogP contribution in [0.5, 0.6) is 0 Å². The van der Waals surface area contributed by atoms with Crippen molar-refractivity contribution < 1.29 is 28.9 Å². The molecular formula is C25H30N4O6S. The van der Waals surface area contributed by atoms with Gasteiger partial charge in [-0.1, -0.05) is 12.5 Å². The summed E-state index contributed by atoms with van der Waals surface area (Å²) in [6, 6.07) is 4.86. The van der Waals surface area contributed by atoms with E-state index in [4.69, 9.17) is 14.5 Å². The largest absolute Gasteiger partial charge is 0.550 e. The first-order valence-corrected chi connectivity index (χ1v) is 12.9. The van der Waals surface area contributed by atoms with Crippen molar-refractivity contribution in [1.82, 2.24) is 15.0 Å². The smallest absolute Gasteiger partial charge is 0.428 e. The molecule has 1 fully saturated rings. The number of nitrogens with one attached hydrogen (secondary N) is 1. The van der Waals surface area contributed by atoms with E-state index in [0.717, 1.165) is 42.5 Å². The molecule has 1 saturated carbocycles. The molecule has 2 aliphatic rings. The summed E-state index contributed by atoms with van der Waals surface area (Å²) in [5.41, 5.74) is 1.44. The fourth-order valence-electron chi connectivity index (χ4n) is 4.51. The van der Waals surface area contributed by atoms with Crippen molar-refractivity contribution in [3.8, 4) is 0 Å². The van der Waals surface area contributed by atoms with Gasteiger partial charge in [0.1, 0.15) is 11.8 Å². The van der Waals surface area contributed by atoms with Crippen LogP contribution in [0.2, 0.25) is 0 Å². The molecule has 10 nitrogen and oxygen atoms in total. The first-order chi connectivity index (χ1) is 17.4. The summed E-state index contributed by atoms with van der Waals surface area (Å²) in [6.45, 7) is 4.09. The van der Waals surface area contributed by atoms with Crippen molar-refractivity contribution in [2.45, 2.75) is 58.1 Å². The molecule has 1 aliphatic carbocycles. The molecule has 2 aromatic rings. The summed E-state index contributed by atoms with van der Waals surface area (Å²) in [6.07, 6.45) is 6.42. The van der Waals surface area contributed by atoms with Crippen LogP contribution in [0, 0.1) is 6.92 Å². The summed E-state index contributed by atoms with van der Waals surface area (Å²) >= 11 is 1.43. The maximum Gasteiger partial charge on any atom is 0.550 e. The van der Waals surface area contributed by atoms with Gasteiger partial charge < -0.3 is 10.1 Å². The summed E-state index contributed by atoms with van der Waals surface area (Å²) in [4.78, 5) is 53.8. The number of hydrogen-bond acceptors (Lipinski definition) is 10. The Morgan fingerprint density at radius 1 is 1.19 bits per heavy atom. The molecule has 1 aliphatic heterocycles. The number of pyridine rings is 1. The highest BCUT2D eigenvalue weighted by Crippen LogP contribution is 2.39. The third-order valence-electron chi connectivity index (χ3n) is 6.38. The lowest BCUT2D eigenvalue weighted by atomic mass is 9.98. The number of anilines is 1. The van der Waals surface area contributed by atoms with Gasteiger partial charge in [0.15, 0.2) is 0 Å². The Labute approximate surface area is 213 Å². The van der Waals surface area contributed by atoms with Crippen molar-refractivity contribution in [2.24, 2.45) is 0 Å². The maximum absolute atomic E-state index is 13.5. The summed E-state index contributed by atoms with van der Waals surface area (Å²) in [7, 11) is 1.73. The van der Waals surface area contributed by atoms with Crippen LogP contribution in [0.25, 0.3) is 0 Å². The Bertz CT molecular complexity index is 1130. The lowest BCUT2D eigenvalue weighted by molar-refractivity contribution is -0.243. The number of hydrogen-bond donors (Lipinski definition) is 1. The van der Waals surface area contributed by atoms with Crippen molar-refractivity contribution in [3.63, 3.8) is 0 Å². The van der Waals surface area contributed by atoms with E-state index in [-0.39, 0.29) is 17.4 Å². The van der Waals surface area contributed by atoms with E-state index < -0.39 is 24.1 Å². The topological polar surface area (TPSA) is 110 Å². The zero-order valence-electron chi connectivity index (χ0n) is 20.6. The average molecular weight is 515 g/mol. The minimum atomic E-state index is -1.08. The third kappa shape index (κ3) is 5.52. The molecule has 0 spiro atoms. The summed E-state index contributed by atoms with van der Waals surface area (Å²) in [5.74, 6) is -1.39. The molecule has 1 N–H and O–H groups in total. The van der Waals surface area contributed by atoms with Gasteiger partial charge in [0.05, 0.1) is 23.5 Å². The van der Waals surface area contributed by atoms with E-state index >= 15 is 0 Å². The number of rotatable bonds is 6. The monoisotopic (exact) mass is 514 g/mol. The molecule has 4 rings (SSSR count). The van der Waals surface area contributed by atoms with Crippen LogP contribution in [0.1, 0.15) is 55.5 Å². The lowest BCUT2D eigenvalue weighted by Gasteiger charge is -2.42. The second-order valence-electron chi connectivity index (χ2n) is 8.70. The van der Waals surface area contributed by atoms with E-state index in [1.54, 1.807) is 30.5 Å². The number of ether oxygens (including phenoxy) is 1. The zero-order chi connectivity index (χ0) is 25.7. The van der Waals surface area contributed by atoms with Crippen molar-refractivity contribution in [1.29, 1.82) is 0 Å². The number of hydrazine groups is 1. The number of thiophene rings is 1. The van der Waals surface area contributed by atoms with Crippen LogP contribution in [-0.4, -0.2) is 52.7 Å². The SMILES string of the molecule is CCN1C(=O)C(Nc2cnccc2C)=C(C(=O)OOC(=O)OC2CCCCC2)C(c2cccs2)N1C. The molecule has 0 aromatic carbocycles. The number of carbonyl (C=O) groups is 3. The second kappa shape index (κ2) is 11.5. The van der Waals surface area contributed by atoms with Gasteiger partial charge in [-0.05, 0) is 62.6 Å². The number of aromatic nitrogens is 1. The fourth-order valence-corrected chi connectivity index (χ4v) is 5.38. The van der Waals surface area contributed by atoms with Crippen LogP contribution in [0.15, 0.2) is 47.2 Å². The van der Waals surface area contributed by atoms with Gasteiger partial charge in [-0.3, -0.25) is 14.8 Å². The van der Waals surface area contributed by atoms with E-state index in [1.165, 1.54) is 16.3 Å². The first kappa shape index (κ1) is 25.6. The van der Waals surface area contributed by atoms with E-state index in [0.29, 0.717) is 12.2 Å². The normalized spacial score (nSPS) is 19.2. The number of amides is 1. The molecule has 3 heterocycles. The van der Waals surface area contributed by atoms with Crippen LogP contribution in [0.3, 0.4) is 0 Å². The lowest BCUT2D eigenvalue weighted by Crippen LogP contribution is -2.53. The van der Waals surface area contributed by atoms with Gasteiger partial charge in [-0.2, -0.15) is 4.79 Å². The molecule has 0 bridgehead atoms. The van der Waals surface area contributed by atoms with Crippen LogP contribution in [-0.2, 0) is 24.1 Å². The van der Waals surface area contributed by atoms with Gasteiger partial charge in [0.2, 0.25) is 0 Å². The van der Waals surface area contributed by atoms with Gasteiger partial charge in [-0.15, -0.1) is 11.3 Å². The molecule has 0 radical (unpaired) electrons. The molecule has 36 heavy (non-hydrogen) atoms. The molecule has 11 heteroatoms. The number of aryl methyl sites for hydroxylation is 1. The molecule has 1 unspecified atom stereocenters. The van der Waals surface area contributed by atoms with E-state index in [1.807, 2.05) is 31.4 Å². The zero-order valence-corrected chi connectivity index (χ0v) is 21.4. The van der Waals surface area contributed by atoms with Crippen molar-refractivity contribution >= 4 is 35.1 Å². The van der Waals surface area contributed by atoms with Crippen LogP contribution >= 0.6 is 11.3 Å². The number of carbonyl (C=O) groups excluding carboxylic acids is 3. The Kier molecular flexibility index (Phi) is 8.21. The highest BCUT2D eigenvalue weighted by Gasteiger charge is 2.43. The predicted octanol–water partition coefficient (Wildman–Crippen LogP) is 4.51. The highest BCUT2D eigenvalue weighted by molar-refractivity contribution is 7.10. The van der Waals surface area contributed by atoms with Gasteiger partial charge in [0.25, 0.3) is 5.91 Å². The minimum absolute atomic E-state index is 0.0170. The molecule has 1 atom stereocenters. The fraction of sp³-hybridized carbons (Fsp3) is 0.440. The van der Waals surface area contributed by atoms with Crippen molar-refractivity contribution in [2.75, 3.05) is 18.9 Å². The Hall–Kier alpha value is -3.44. The Morgan fingerprint density at radius 3 is 2.64 bits per heavy atom. The van der Waals surface area contributed by atoms with Gasteiger partial charge in [0, 0.05) is 24.7 Å². The second-order valence-corrected chi connectivity index (χ2v) is 9.68. The van der Waals surface area contributed by atoms with Crippen LogP contribution < -0.4 is 5.32 Å². The molecular weight excluding hydrogens is 484 g/mol. The summed E-state index contributed by atoms with van der Waals surface area (Å²) < 4.78 is 5.28. The number of nitrogens with zero attached hydrogens (tertiary/aromatic N) is 3. The van der Waals surface area contributed by atoms with Crippen molar-refractivity contribution in [3.05, 3.63) is 57.7 Å². The van der Waals surface area contributed by atoms with E-state index in [9.17, 15) is 14.4 Å². The highest BCUT2D eigenvalue weighted by atomic mass is 32.1. The molecule has 0 saturated heterocycles. The van der Waals surface area contributed by atoms with Gasteiger partial charge in [-0.25, -0.2) is 19.6 Å². The Morgan fingerprint density at radius 2 is 1.97 bits per heavy atom. The third-order valence-corrected chi connectivity index (χ3v) is 7.30. The Balaban J connectivity index is 1.66. The number of likely N-dealkylation sites (N-methyl/N-ethyl adjacent to an activating group) is 2. The molecule has 1 amide bonds. The predicted molar refractivity (Wildman–Crippen MR) is 132 cm³/mol. The first-order valence-electron chi connectivity index (χ1n) is 12.0. The molecule has 2 aromatic heterocycles. The quantitative estimate of drug-likeness (QED) is 0.338. The maximum atomic E-state index is 13.5. The standard InChI is InChI=1S/C25H30N4O6S/c1-4-29-23(30)21(27-18-15-26-13-12-16(18)2)20(22(28(29)3)19-11-8-14-36-19)24(31)34-35-25(32)33-17-9-6-5-7-10-17/h8,11-15,17,22,27H,4-7,9-10H2,1-3H3. The average Bonchev–Trinajstić information content (AvgIpc) is 3.40. The minimum Gasteiger partial charge on any atom is -0.428 e.